The number of aromatic carboxylic acids is 1. The number of allylic oxidation sites excluding steroid dienone is 1. The molecule has 37 heavy (non-hydrogen) atoms. The Hall–Kier alpha value is -3.78. The van der Waals surface area contributed by atoms with Gasteiger partial charge in [-0.25, -0.2) is 17.9 Å². The number of carboxylic acids is 1. The highest BCUT2D eigenvalue weighted by atomic mass is 35.5. The number of sulfonamides is 1. The largest absolute Gasteiger partial charge is 0.478 e. The smallest absolute Gasteiger partial charge is 0.335 e. The lowest BCUT2D eigenvalue weighted by atomic mass is 9.95. The van der Waals surface area contributed by atoms with Gasteiger partial charge in [0.1, 0.15) is 0 Å². The van der Waals surface area contributed by atoms with E-state index in [0.29, 0.717) is 17.9 Å². The van der Waals surface area contributed by atoms with E-state index in [9.17, 15) is 13.2 Å². The molecule has 3 aromatic carbocycles. The molecule has 8 heteroatoms. The summed E-state index contributed by atoms with van der Waals surface area (Å²) >= 11 is 5.84. The highest BCUT2D eigenvalue weighted by Gasteiger charge is 2.13. The lowest BCUT2D eigenvalue weighted by Crippen LogP contribution is -2.25. The van der Waals surface area contributed by atoms with E-state index in [4.69, 9.17) is 16.7 Å². The summed E-state index contributed by atoms with van der Waals surface area (Å²) in [6, 6.07) is 24.7. The number of hydrogen-bond donors (Lipinski definition) is 2. The van der Waals surface area contributed by atoms with Gasteiger partial charge in [0.05, 0.1) is 10.5 Å². The van der Waals surface area contributed by atoms with Gasteiger partial charge in [0.25, 0.3) is 0 Å². The number of hydrogen-bond acceptors (Lipinski definition) is 4. The number of nitrogens with zero attached hydrogens (tertiary/aromatic N) is 1. The zero-order valence-electron chi connectivity index (χ0n) is 19.8. The third-order valence-corrected chi connectivity index (χ3v) is 7.54. The van der Waals surface area contributed by atoms with Gasteiger partial charge in [0.2, 0.25) is 10.0 Å². The normalized spacial score (nSPS) is 11.9. The van der Waals surface area contributed by atoms with Crippen LogP contribution in [0.3, 0.4) is 0 Å². The Bertz CT molecular complexity index is 1480. The van der Waals surface area contributed by atoms with E-state index < -0.39 is 16.0 Å². The van der Waals surface area contributed by atoms with Crippen LogP contribution in [0.4, 0.5) is 0 Å². The van der Waals surface area contributed by atoms with E-state index in [1.165, 1.54) is 12.1 Å². The maximum atomic E-state index is 12.5. The molecule has 188 valence electrons. The first-order valence-electron chi connectivity index (χ1n) is 11.6. The summed E-state index contributed by atoms with van der Waals surface area (Å²) in [5.74, 6) is -0.948. The predicted molar refractivity (Wildman–Crippen MR) is 145 cm³/mol. The highest BCUT2D eigenvalue weighted by molar-refractivity contribution is 7.89. The molecular formula is C29H25ClN2O4S. The van der Waals surface area contributed by atoms with Crippen molar-refractivity contribution < 1.29 is 18.3 Å². The van der Waals surface area contributed by atoms with Crippen LogP contribution < -0.4 is 4.72 Å². The molecule has 0 fully saturated rings. The number of carbonyl (C=O) groups is 1. The van der Waals surface area contributed by atoms with E-state index in [1.54, 1.807) is 36.7 Å². The second-order valence-corrected chi connectivity index (χ2v) is 10.6. The van der Waals surface area contributed by atoms with Crippen LogP contribution in [0.5, 0.6) is 0 Å². The zero-order valence-corrected chi connectivity index (χ0v) is 21.4. The molecular weight excluding hydrogens is 508 g/mol. The molecule has 0 amide bonds. The Balaban J connectivity index is 1.46. The minimum atomic E-state index is -3.60. The summed E-state index contributed by atoms with van der Waals surface area (Å²) in [6.45, 7) is 0.266. The Morgan fingerprint density at radius 2 is 1.51 bits per heavy atom. The maximum Gasteiger partial charge on any atom is 0.335 e. The molecule has 1 heterocycles. The zero-order chi connectivity index (χ0) is 26.3. The van der Waals surface area contributed by atoms with Crippen molar-refractivity contribution in [3.63, 3.8) is 0 Å². The molecule has 0 radical (unpaired) electrons. The Labute approximate surface area is 221 Å². The number of rotatable bonds is 10. The third kappa shape index (κ3) is 7.13. The van der Waals surface area contributed by atoms with Crippen molar-refractivity contribution in [2.24, 2.45) is 0 Å². The molecule has 0 aliphatic rings. The minimum absolute atomic E-state index is 0.177. The second kappa shape index (κ2) is 12.0. The van der Waals surface area contributed by atoms with E-state index in [1.807, 2.05) is 48.5 Å². The Morgan fingerprint density at radius 3 is 2.14 bits per heavy atom. The van der Waals surface area contributed by atoms with E-state index in [2.05, 4.69) is 15.8 Å². The van der Waals surface area contributed by atoms with Gasteiger partial charge in [-0.2, -0.15) is 0 Å². The third-order valence-electron chi connectivity index (χ3n) is 5.81. The molecule has 2 N–H and O–H groups in total. The number of pyridine rings is 1. The van der Waals surface area contributed by atoms with Crippen LogP contribution in [0.15, 0.2) is 108 Å². The first-order chi connectivity index (χ1) is 17.8. The van der Waals surface area contributed by atoms with Crippen LogP contribution in [-0.2, 0) is 22.9 Å². The fraction of sp³-hybridized carbons (Fsp3) is 0.103. The van der Waals surface area contributed by atoms with Gasteiger partial charge in [-0.1, -0.05) is 60.1 Å². The topological polar surface area (TPSA) is 96.4 Å². The minimum Gasteiger partial charge on any atom is -0.478 e. The molecule has 0 saturated heterocycles. The molecule has 0 unspecified atom stereocenters. The van der Waals surface area contributed by atoms with Gasteiger partial charge < -0.3 is 5.11 Å². The van der Waals surface area contributed by atoms with Gasteiger partial charge in [-0.3, -0.25) is 4.98 Å². The summed E-state index contributed by atoms with van der Waals surface area (Å²) in [5, 5.41) is 9.59. The monoisotopic (exact) mass is 532 g/mol. The van der Waals surface area contributed by atoms with Gasteiger partial charge >= 0.3 is 5.97 Å². The predicted octanol–water partition coefficient (Wildman–Crippen LogP) is 5.63. The lowest BCUT2D eigenvalue weighted by Gasteiger charge is -2.11. The van der Waals surface area contributed by atoms with Crippen LogP contribution in [0.25, 0.3) is 5.57 Å². The van der Waals surface area contributed by atoms with Crippen molar-refractivity contribution in [1.82, 2.24) is 9.71 Å². The summed E-state index contributed by atoms with van der Waals surface area (Å²) < 4.78 is 27.6. The molecule has 0 aliphatic carbocycles. The Morgan fingerprint density at radius 1 is 0.865 bits per heavy atom. The molecule has 4 rings (SSSR count). The van der Waals surface area contributed by atoms with Crippen molar-refractivity contribution in [1.29, 1.82) is 0 Å². The highest BCUT2D eigenvalue weighted by Crippen LogP contribution is 2.24. The second-order valence-electron chi connectivity index (χ2n) is 8.36. The quantitative estimate of drug-likeness (QED) is 0.276. The molecule has 0 aliphatic heterocycles. The summed E-state index contributed by atoms with van der Waals surface area (Å²) in [4.78, 5) is 15.5. The molecule has 6 nitrogen and oxygen atoms in total. The molecule has 0 bridgehead atoms. The van der Waals surface area contributed by atoms with Gasteiger partial charge in [-0.15, -0.1) is 0 Å². The molecule has 0 atom stereocenters. The van der Waals surface area contributed by atoms with Crippen molar-refractivity contribution in [3.8, 4) is 0 Å². The Kier molecular flexibility index (Phi) is 8.50. The fourth-order valence-electron chi connectivity index (χ4n) is 3.81. The lowest BCUT2D eigenvalue weighted by molar-refractivity contribution is 0.0697. The van der Waals surface area contributed by atoms with Crippen LogP contribution >= 0.6 is 11.6 Å². The molecule has 1 aromatic heterocycles. The van der Waals surface area contributed by atoms with E-state index in [-0.39, 0.29) is 17.0 Å². The molecule has 0 saturated carbocycles. The van der Waals surface area contributed by atoms with Crippen LogP contribution in [0.2, 0.25) is 5.02 Å². The van der Waals surface area contributed by atoms with Crippen LogP contribution in [0, 0.1) is 0 Å². The number of aromatic nitrogens is 1. The number of halogens is 1. The average molecular weight is 533 g/mol. The maximum absolute atomic E-state index is 12.5. The SMILES string of the molecule is O=C(O)c1ccc(C/C=C(\c2ccc(CCNS(=O)(=O)c3ccc(Cl)cc3)cc2)c2cccnc2)cc1. The van der Waals surface area contributed by atoms with Crippen molar-refractivity contribution in [3.05, 3.63) is 136 Å². The summed E-state index contributed by atoms with van der Waals surface area (Å²) in [6.07, 6.45) is 6.79. The number of carboxylic acid groups (broad SMARTS) is 1. The average Bonchev–Trinajstić information content (AvgIpc) is 2.91. The van der Waals surface area contributed by atoms with Crippen molar-refractivity contribution >= 4 is 33.2 Å². The summed E-state index contributed by atoms with van der Waals surface area (Å²) in [5.41, 5.74) is 5.22. The molecule has 0 spiro atoms. The van der Waals surface area contributed by atoms with Gasteiger partial charge in [-0.05, 0) is 77.6 Å². The fourth-order valence-corrected chi connectivity index (χ4v) is 4.96. The number of benzene rings is 3. The van der Waals surface area contributed by atoms with Crippen LogP contribution in [-0.4, -0.2) is 31.0 Å². The van der Waals surface area contributed by atoms with E-state index >= 15 is 0 Å². The first-order valence-corrected chi connectivity index (χ1v) is 13.5. The van der Waals surface area contributed by atoms with Gasteiger partial charge in [0.15, 0.2) is 0 Å². The van der Waals surface area contributed by atoms with E-state index in [0.717, 1.165) is 27.8 Å². The summed E-state index contributed by atoms with van der Waals surface area (Å²) in [7, 11) is -3.60. The standard InChI is InChI=1S/C29H25ClN2O4S/c30-26-12-14-27(15-13-26)37(35,36)32-19-17-22-3-8-23(9-4-22)28(25-2-1-18-31-20-25)16-7-21-5-10-24(11-6-21)29(33)34/h1-6,8-16,18,20,32H,7,17,19H2,(H,33,34)/b28-16+. The van der Waals surface area contributed by atoms with Crippen molar-refractivity contribution in [2.45, 2.75) is 17.7 Å². The first kappa shape index (κ1) is 26.3. The number of nitrogens with one attached hydrogen (secondary N) is 1. The van der Waals surface area contributed by atoms with Crippen LogP contribution in [0.1, 0.15) is 32.6 Å². The molecule has 4 aromatic rings. The van der Waals surface area contributed by atoms with Crippen molar-refractivity contribution in [2.75, 3.05) is 6.54 Å². The van der Waals surface area contributed by atoms with Gasteiger partial charge in [0, 0.05) is 29.5 Å².